The minimum atomic E-state index is -0.206. The summed E-state index contributed by atoms with van der Waals surface area (Å²) < 4.78 is 5.45. The van der Waals surface area contributed by atoms with Crippen molar-refractivity contribution in [3.63, 3.8) is 0 Å². The number of likely N-dealkylation sites (tertiary alicyclic amines) is 1. The molecule has 0 aliphatic carbocycles. The number of aliphatic hydroxyl groups is 1. The highest BCUT2D eigenvalue weighted by Gasteiger charge is 2.34. The van der Waals surface area contributed by atoms with Crippen LogP contribution in [0.2, 0.25) is 0 Å². The highest BCUT2D eigenvalue weighted by Crippen LogP contribution is 2.24. The molecule has 3 heterocycles. The third-order valence-electron chi connectivity index (χ3n) is 4.31. The molecule has 0 spiro atoms. The maximum atomic E-state index is 10.2. The van der Waals surface area contributed by atoms with E-state index >= 15 is 0 Å². The van der Waals surface area contributed by atoms with Crippen LogP contribution < -0.4 is 0 Å². The van der Waals surface area contributed by atoms with E-state index in [1.165, 1.54) is 5.56 Å². The van der Waals surface area contributed by atoms with Crippen molar-refractivity contribution in [3.8, 4) is 0 Å². The second kappa shape index (κ2) is 5.99. The van der Waals surface area contributed by atoms with Gasteiger partial charge in [-0.05, 0) is 36.8 Å². The Kier molecular flexibility index (Phi) is 4.11. The Morgan fingerprint density at radius 1 is 1.42 bits per heavy atom. The van der Waals surface area contributed by atoms with Crippen molar-refractivity contribution in [3.05, 3.63) is 30.1 Å². The van der Waals surface area contributed by atoms with Gasteiger partial charge in [-0.3, -0.25) is 9.88 Å². The summed E-state index contributed by atoms with van der Waals surface area (Å²) in [6.45, 7) is 3.84. The number of nitrogens with zero attached hydrogens (tertiary/aromatic N) is 2. The van der Waals surface area contributed by atoms with Gasteiger partial charge in [0, 0.05) is 38.1 Å². The highest BCUT2D eigenvalue weighted by atomic mass is 16.5. The summed E-state index contributed by atoms with van der Waals surface area (Å²) in [5.41, 5.74) is 1.21. The summed E-state index contributed by atoms with van der Waals surface area (Å²) in [6, 6.07) is 4.30. The fourth-order valence-electron chi connectivity index (χ4n) is 3.21. The van der Waals surface area contributed by atoms with E-state index in [2.05, 4.69) is 16.0 Å². The topological polar surface area (TPSA) is 45.6 Å². The summed E-state index contributed by atoms with van der Waals surface area (Å²) in [5, 5.41) is 10.2. The number of hydrogen-bond acceptors (Lipinski definition) is 4. The Balaban J connectivity index is 1.63. The lowest BCUT2D eigenvalue weighted by Gasteiger charge is -2.28. The Morgan fingerprint density at radius 3 is 3.11 bits per heavy atom. The summed E-state index contributed by atoms with van der Waals surface area (Å²) in [4.78, 5) is 6.60. The van der Waals surface area contributed by atoms with Crippen molar-refractivity contribution in [2.75, 3.05) is 26.3 Å². The fraction of sp³-hybridized carbons (Fsp3) is 0.667. The zero-order valence-corrected chi connectivity index (χ0v) is 11.2. The molecule has 4 heteroatoms. The van der Waals surface area contributed by atoms with Gasteiger partial charge in [-0.1, -0.05) is 6.07 Å². The van der Waals surface area contributed by atoms with Gasteiger partial charge in [0.1, 0.15) is 0 Å². The van der Waals surface area contributed by atoms with Gasteiger partial charge in [0.2, 0.25) is 0 Å². The number of aromatic nitrogens is 1. The van der Waals surface area contributed by atoms with E-state index in [4.69, 9.17) is 4.74 Å². The predicted molar refractivity (Wildman–Crippen MR) is 72.9 cm³/mol. The van der Waals surface area contributed by atoms with E-state index < -0.39 is 0 Å². The summed E-state index contributed by atoms with van der Waals surface area (Å²) >= 11 is 0. The Hall–Kier alpha value is -0.970. The van der Waals surface area contributed by atoms with Crippen molar-refractivity contribution in [2.45, 2.75) is 31.4 Å². The molecule has 2 fully saturated rings. The van der Waals surface area contributed by atoms with Gasteiger partial charge in [0.05, 0.1) is 12.7 Å². The van der Waals surface area contributed by atoms with Gasteiger partial charge < -0.3 is 9.84 Å². The van der Waals surface area contributed by atoms with Crippen LogP contribution in [0.5, 0.6) is 0 Å². The third kappa shape index (κ3) is 3.14. The molecule has 1 N–H and O–H groups in total. The lowest BCUT2D eigenvalue weighted by atomic mass is 10.0. The van der Waals surface area contributed by atoms with Gasteiger partial charge in [0.25, 0.3) is 0 Å². The van der Waals surface area contributed by atoms with Gasteiger partial charge >= 0.3 is 0 Å². The molecule has 2 aliphatic rings. The molecule has 0 aromatic carbocycles. The van der Waals surface area contributed by atoms with Crippen LogP contribution in [-0.4, -0.2) is 53.4 Å². The number of ether oxygens (including phenoxy) is 1. The zero-order valence-electron chi connectivity index (χ0n) is 11.2. The standard InChI is InChI=1S/C15H22N2O2/c18-15-3-6-17(10-13-4-7-19-11-13)14(15)8-12-2-1-5-16-9-12/h1-2,5,9,13-15,18H,3-4,6-8,10-11H2/t13-,14-,15-/m0/s1. The van der Waals surface area contributed by atoms with Crippen molar-refractivity contribution in [2.24, 2.45) is 5.92 Å². The van der Waals surface area contributed by atoms with Crippen LogP contribution in [-0.2, 0) is 11.2 Å². The molecule has 3 atom stereocenters. The molecule has 3 rings (SSSR count). The second-order valence-corrected chi connectivity index (χ2v) is 5.71. The van der Waals surface area contributed by atoms with Gasteiger partial charge in [0.15, 0.2) is 0 Å². The molecular formula is C15H22N2O2. The maximum absolute atomic E-state index is 10.2. The Bertz CT molecular complexity index is 392. The Morgan fingerprint density at radius 2 is 2.37 bits per heavy atom. The molecule has 1 aromatic rings. The van der Waals surface area contributed by atoms with Crippen LogP contribution in [0.1, 0.15) is 18.4 Å². The van der Waals surface area contributed by atoms with E-state index in [0.717, 1.165) is 45.6 Å². The van der Waals surface area contributed by atoms with Crippen molar-refractivity contribution in [1.29, 1.82) is 0 Å². The first kappa shape index (κ1) is 13.0. The third-order valence-corrected chi connectivity index (χ3v) is 4.31. The monoisotopic (exact) mass is 262 g/mol. The molecule has 104 valence electrons. The van der Waals surface area contributed by atoms with Crippen LogP contribution in [0.25, 0.3) is 0 Å². The minimum absolute atomic E-state index is 0.206. The summed E-state index contributed by atoms with van der Waals surface area (Å²) in [6.07, 6.45) is 6.43. The van der Waals surface area contributed by atoms with E-state index in [-0.39, 0.29) is 12.1 Å². The molecule has 0 saturated carbocycles. The number of rotatable bonds is 4. The number of aliphatic hydroxyl groups excluding tert-OH is 1. The molecule has 2 saturated heterocycles. The minimum Gasteiger partial charge on any atom is -0.391 e. The van der Waals surface area contributed by atoms with Crippen LogP contribution in [0, 0.1) is 5.92 Å². The SMILES string of the molecule is O[C@H]1CCN(C[C@@H]2CCOC2)[C@H]1Cc1cccnc1. The van der Waals surface area contributed by atoms with E-state index in [1.807, 2.05) is 12.3 Å². The van der Waals surface area contributed by atoms with Crippen molar-refractivity contribution in [1.82, 2.24) is 9.88 Å². The molecule has 0 radical (unpaired) electrons. The first-order valence-corrected chi connectivity index (χ1v) is 7.21. The molecule has 0 bridgehead atoms. The van der Waals surface area contributed by atoms with E-state index in [0.29, 0.717) is 5.92 Å². The first-order chi connectivity index (χ1) is 9.33. The molecule has 0 amide bonds. The quantitative estimate of drug-likeness (QED) is 0.882. The fourth-order valence-corrected chi connectivity index (χ4v) is 3.21. The molecule has 1 aromatic heterocycles. The lowest BCUT2D eigenvalue weighted by molar-refractivity contribution is 0.103. The van der Waals surface area contributed by atoms with Crippen LogP contribution in [0.4, 0.5) is 0 Å². The van der Waals surface area contributed by atoms with Crippen LogP contribution in [0.3, 0.4) is 0 Å². The number of hydrogen-bond donors (Lipinski definition) is 1. The maximum Gasteiger partial charge on any atom is 0.0710 e. The van der Waals surface area contributed by atoms with E-state index in [9.17, 15) is 5.11 Å². The molecular weight excluding hydrogens is 240 g/mol. The largest absolute Gasteiger partial charge is 0.391 e. The average Bonchev–Trinajstić information content (AvgIpc) is 3.05. The van der Waals surface area contributed by atoms with Gasteiger partial charge in [-0.25, -0.2) is 0 Å². The van der Waals surface area contributed by atoms with E-state index in [1.54, 1.807) is 6.20 Å². The molecule has 0 unspecified atom stereocenters. The van der Waals surface area contributed by atoms with Crippen LogP contribution >= 0.6 is 0 Å². The highest BCUT2D eigenvalue weighted by molar-refractivity contribution is 5.11. The first-order valence-electron chi connectivity index (χ1n) is 7.21. The summed E-state index contributed by atoms with van der Waals surface area (Å²) in [7, 11) is 0. The lowest BCUT2D eigenvalue weighted by Crippen LogP contribution is -2.40. The van der Waals surface area contributed by atoms with Crippen molar-refractivity contribution < 1.29 is 9.84 Å². The Labute approximate surface area is 114 Å². The zero-order chi connectivity index (χ0) is 13.1. The van der Waals surface area contributed by atoms with Crippen LogP contribution in [0.15, 0.2) is 24.5 Å². The second-order valence-electron chi connectivity index (χ2n) is 5.71. The average molecular weight is 262 g/mol. The normalized spacial score (nSPS) is 31.9. The molecule has 4 nitrogen and oxygen atoms in total. The molecule has 19 heavy (non-hydrogen) atoms. The summed E-state index contributed by atoms with van der Waals surface area (Å²) in [5.74, 6) is 0.640. The van der Waals surface area contributed by atoms with Gasteiger partial charge in [-0.2, -0.15) is 0 Å². The van der Waals surface area contributed by atoms with Crippen molar-refractivity contribution >= 4 is 0 Å². The number of pyridine rings is 1. The molecule has 2 aliphatic heterocycles. The smallest absolute Gasteiger partial charge is 0.0710 e. The predicted octanol–water partition coefficient (Wildman–Crippen LogP) is 1.10. The van der Waals surface area contributed by atoms with Gasteiger partial charge in [-0.15, -0.1) is 0 Å².